The Kier molecular flexibility index (Phi) is 6.19. The number of carbonyl (C=O) groups excluding carboxylic acids is 1. The van der Waals surface area contributed by atoms with Crippen LogP contribution in [-0.4, -0.2) is 32.9 Å². The van der Waals surface area contributed by atoms with Gasteiger partial charge in [-0.25, -0.2) is 5.43 Å². The molecule has 0 aliphatic heterocycles. The molecule has 126 valence electrons. The molecule has 0 aromatic heterocycles. The van der Waals surface area contributed by atoms with Crippen LogP contribution >= 0.6 is 0 Å². The van der Waals surface area contributed by atoms with E-state index in [9.17, 15) is 4.79 Å². The van der Waals surface area contributed by atoms with E-state index in [0.29, 0.717) is 17.1 Å². The number of aryl methyl sites for hydroxylation is 1. The van der Waals surface area contributed by atoms with Gasteiger partial charge in [-0.3, -0.25) is 4.79 Å². The molecule has 2 N–H and O–H groups in total. The van der Waals surface area contributed by atoms with Crippen molar-refractivity contribution in [2.75, 3.05) is 26.1 Å². The zero-order valence-electron chi connectivity index (χ0n) is 14.0. The van der Waals surface area contributed by atoms with Crippen molar-refractivity contribution in [2.24, 2.45) is 5.10 Å². The lowest BCUT2D eigenvalue weighted by molar-refractivity contribution is -0.119. The highest BCUT2D eigenvalue weighted by Gasteiger charge is 2.07. The molecular weight excluding hydrogens is 306 g/mol. The predicted octanol–water partition coefficient (Wildman–Crippen LogP) is 2.57. The summed E-state index contributed by atoms with van der Waals surface area (Å²) < 4.78 is 10.5. The summed E-state index contributed by atoms with van der Waals surface area (Å²) in [5, 5.41) is 7.03. The number of anilines is 1. The lowest BCUT2D eigenvalue weighted by Gasteiger charge is -2.10. The Labute approximate surface area is 141 Å². The van der Waals surface area contributed by atoms with Crippen molar-refractivity contribution < 1.29 is 14.3 Å². The van der Waals surface area contributed by atoms with Crippen molar-refractivity contribution in [3.05, 3.63) is 53.6 Å². The van der Waals surface area contributed by atoms with Crippen LogP contribution < -0.4 is 20.2 Å². The van der Waals surface area contributed by atoms with E-state index in [4.69, 9.17) is 9.47 Å². The standard InChI is InChI=1S/C18H21N3O3/c1-13-7-4-5-9-15(13)19-12-17(22)21-20-11-14-8-6-10-16(23-2)18(14)24-3/h4-11,19H,12H2,1-3H3,(H,21,22)/b20-11-. The number of hydrogen-bond acceptors (Lipinski definition) is 5. The Morgan fingerprint density at radius 2 is 1.92 bits per heavy atom. The summed E-state index contributed by atoms with van der Waals surface area (Å²) in [4.78, 5) is 11.9. The van der Waals surface area contributed by atoms with E-state index in [1.54, 1.807) is 20.3 Å². The number of nitrogens with one attached hydrogen (secondary N) is 2. The van der Waals surface area contributed by atoms with Gasteiger partial charge >= 0.3 is 0 Å². The van der Waals surface area contributed by atoms with Crippen molar-refractivity contribution in [3.8, 4) is 11.5 Å². The summed E-state index contributed by atoms with van der Waals surface area (Å²) in [5.74, 6) is 0.932. The van der Waals surface area contributed by atoms with Crippen molar-refractivity contribution in [1.82, 2.24) is 5.43 Å². The molecule has 2 aromatic rings. The van der Waals surface area contributed by atoms with Gasteiger partial charge in [0.15, 0.2) is 11.5 Å². The maximum absolute atomic E-state index is 11.9. The first-order valence-corrected chi connectivity index (χ1v) is 7.48. The molecule has 2 rings (SSSR count). The number of benzene rings is 2. The summed E-state index contributed by atoms with van der Waals surface area (Å²) in [7, 11) is 3.12. The van der Waals surface area contributed by atoms with Gasteiger partial charge in [0.05, 0.1) is 27.0 Å². The van der Waals surface area contributed by atoms with Gasteiger partial charge in [-0.05, 0) is 30.7 Å². The normalized spacial score (nSPS) is 10.5. The molecule has 0 atom stereocenters. The average Bonchev–Trinajstić information content (AvgIpc) is 2.60. The fourth-order valence-corrected chi connectivity index (χ4v) is 2.17. The third-order valence-electron chi connectivity index (χ3n) is 3.41. The Morgan fingerprint density at radius 3 is 2.62 bits per heavy atom. The summed E-state index contributed by atoms with van der Waals surface area (Å²) in [6.45, 7) is 2.12. The van der Waals surface area contributed by atoms with E-state index in [1.165, 1.54) is 6.21 Å². The Morgan fingerprint density at radius 1 is 1.12 bits per heavy atom. The van der Waals surface area contributed by atoms with Crippen molar-refractivity contribution >= 4 is 17.8 Å². The maximum Gasteiger partial charge on any atom is 0.259 e. The first-order valence-electron chi connectivity index (χ1n) is 7.48. The summed E-state index contributed by atoms with van der Waals surface area (Å²) >= 11 is 0. The van der Waals surface area contributed by atoms with Gasteiger partial charge in [-0.2, -0.15) is 5.10 Å². The average molecular weight is 327 g/mol. The second kappa shape index (κ2) is 8.57. The van der Waals surface area contributed by atoms with E-state index >= 15 is 0 Å². The van der Waals surface area contributed by atoms with E-state index in [0.717, 1.165) is 11.3 Å². The molecule has 0 bridgehead atoms. The second-order valence-corrected chi connectivity index (χ2v) is 5.04. The molecule has 0 saturated heterocycles. The first-order chi connectivity index (χ1) is 11.7. The Balaban J connectivity index is 1.92. The van der Waals surface area contributed by atoms with Gasteiger partial charge in [-0.15, -0.1) is 0 Å². The lowest BCUT2D eigenvalue weighted by Crippen LogP contribution is -2.26. The molecule has 2 aromatic carbocycles. The molecule has 0 aliphatic rings. The molecule has 0 saturated carbocycles. The predicted molar refractivity (Wildman–Crippen MR) is 95.0 cm³/mol. The van der Waals surface area contributed by atoms with Gasteiger partial charge < -0.3 is 14.8 Å². The number of rotatable bonds is 7. The molecule has 0 aliphatic carbocycles. The molecule has 0 heterocycles. The molecule has 6 heteroatoms. The largest absolute Gasteiger partial charge is 0.493 e. The smallest absolute Gasteiger partial charge is 0.259 e. The van der Waals surface area contributed by atoms with Crippen LogP contribution in [0.2, 0.25) is 0 Å². The van der Waals surface area contributed by atoms with Crippen molar-refractivity contribution in [1.29, 1.82) is 0 Å². The van der Waals surface area contributed by atoms with E-state index in [1.807, 2.05) is 43.3 Å². The quantitative estimate of drug-likeness (QED) is 0.606. The summed E-state index contributed by atoms with van der Waals surface area (Å²) in [6, 6.07) is 13.2. The van der Waals surface area contributed by atoms with Crippen LogP contribution in [0, 0.1) is 6.92 Å². The molecule has 0 spiro atoms. The molecule has 6 nitrogen and oxygen atoms in total. The number of methoxy groups -OCH3 is 2. The number of hydrazone groups is 1. The minimum Gasteiger partial charge on any atom is -0.493 e. The van der Waals surface area contributed by atoms with E-state index < -0.39 is 0 Å². The third-order valence-corrected chi connectivity index (χ3v) is 3.41. The van der Waals surface area contributed by atoms with Crippen molar-refractivity contribution in [3.63, 3.8) is 0 Å². The zero-order chi connectivity index (χ0) is 17.4. The number of nitrogens with zero attached hydrogens (tertiary/aromatic N) is 1. The van der Waals surface area contributed by atoms with E-state index in [-0.39, 0.29) is 12.5 Å². The Hall–Kier alpha value is -3.02. The molecular formula is C18H21N3O3. The molecule has 0 fully saturated rings. The van der Waals surface area contributed by atoms with Crippen molar-refractivity contribution in [2.45, 2.75) is 6.92 Å². The summed E-state index contributed by atoms with van der Waals surface area (Å²) in [6.07, 6.45) is 1.52. The Bertz CT molecular complexity index is 729. The van der Waals surface area contributed by atoms with Crippen LogP contribution in [0.5, 0.6) is 11.5 Å². The van der Waals surface area contributed by atoms with Crippen LogP contribution in [0.4, 0.5) is 5.69 Å². The molecule has 0 radical (unpaired) electrons. The molecule has 0 unspecified atom stereocenters. The topological polar surface area (TPSA) is 72.0 Å². The second-order valence-electron chi connectivity index (χ2n) is 5.04. The highest BCUT2D eigenvalue weighted by atomic mass is 16.5. The zero-order valence-corrected chi connectivity index (χ0v) is 14.0. The fourth-order valence-electron chi connectivity index (χ4n) is 2.17. The number of para-hydroxylation sites is 2. The van der Waals surface area contributed by atoms with Gasteiger partial charge in [0, 0.05) is 11.3 Å². The van der Waals surface area contributed by atoms with Crippen LogP contribution in [0.25, 0.3) is 0 Å². The third kappa shape index (κ3) is 4.49. The van der Waals surface area contributed by atoms with Crippen LogP contribution in [0.3, 0.4) is 0 Å². The summed E-state index contributed by atoms with van der Waals surface area (Å²) in [5.41, 5.74) is 5.19. The highest BCUT2D eigenvalue weighted by Crippen LogP contribution is 2.29. The number of hydrogen-bond donors (Lipinski definition) is 2. The lowest BCUT2D eigenvalue weighted by atomic mass is 10.2. The molecule has 24 heavy (non-hydrogen) atoms. The van der Waals surface area contributed by atoms with E-state index in [2.05, 4.69) is 15.8 Å². The fraction of sp³-hybridized carbons (Fsp3) is 0.222. The highest BCUT2D eigenvalue weighted by molar-refractivity contribution is 5.87. The number of ether oxygens (including phenoxy) is 2. The van der Waals surface area contributed by atoms with Gasteiger partial charge in [-0.1, -0.05) is 24.3 Å². The first kappa shape index (κ1) is 17.3. The monoisotopic (exact) mass is 327 g/mol. The maximum atomic E-state index is 11.9. The SMILES string of the molecule is COc1cccc(/C=N\NC(=O)CNc2ccccc2C)c1OC. The number of amides is 1. The molecule has 1 amide bonds. The minimum atomic E-state index is -0.239. The van der Waals surface area contributed by atoms with Gasteiger partial charge in [0.2, 0.25) is 0 Å². The van der Waals surface area contributed by atoms with Gasteiger partial charge in [0.1, 0.15) is 0 Å². The van der Waals surface area contributed by atoms with Crippen LogP contribution in [0.1, 0.15) is 11.1 Å². The minimum absolute atomic E-state index is 0.136. The van der Waals surface area contributed by atoms with Crippen LogP contribution in [0.15, 0.2) is 47.6 Å². The number of carbonyl (C=O) groups is 1. The van der Waals surface area contributed by atoms with Crippen LogP contribution in [-0.2, 0) is 4.79 Å². The van der Waals surface area contributed by atoms with Gasteiger partial charge in [0.25, 0.3) is 5.91 Å².